The molecule has 1 aliphatic rings. The normalized spacial score (nSPS) is 23.2. The second kappa shape index (κ2) is 5.41. The molecule has 2 rings (SSSR count). The molecule has 20 heavy (non-hydrogen) atoms. The Morgan fingerprint density at radius 3 is 2.80 bits per heavy atom. The summed E-state index contributed by atoms with van der Waals surface area (Å²) in [6.45, 7) is -0.0833. The Hall–Kier alpha value is -1.61. The minimum absolute atomic E-state index is 0.0833. The molecule has 1 saturated heterocycles. The van der Waals surface area contributed by atoms with E-state index < -0.39 is 29.5 Å². The number of halogens is 3. The average Bonchev–Trinajstić information content (AvgIpc) is 2.76. The Morgan fingerprint density at radius 1 is 1.50 bits per heavy atom. The first-order valence-electron chi connectivity index (χ1n) is 6.05. The molecule has 0 aliphatic carbocycles. The number of nitrogen functional groups attached to an aromatic ring is 1. The van der Waals surface area contributed by atoms with E-state index in [0.717, 1.165) is 4.57 Å². The van der Waals surface area contributed by atoms with Crippen molar-refractivity contribution < 1.29 is 23.0 Å². The first-order valence-corrected chi connectivity index (χ1v) is 6.05. The van der Waals surface area contributed by atoms with Crippen LogP contribution in [0.4, 0.5) is 19.0 Å². The Balaban J connectivity index is 2.31. The molecular formula is C11H14F3N3O3. The van der Waals surface area contributed by atoms with Gasteiger partial charge in [-0.1, -0.05) is 0 Å². The fourth-order valence-electron chi connectivity index (χ4n) is 2.15. The third kappa shape index (κ3) is 2.93. The van der Waals surface area contributed by atoms with E-state index in [9.17, 15) is 18.0 Å². The van der Waals surface area contributed by atoms with Crippen molar-refractivity contribution >= 4 is 5.82 Å². The van der Waals surface area contributed by atoms with E-state index in [1.807, 2.05) is 0 Å². The molecule has 0 bridgehead atoms. The summed E-state index contributed by atoms with van der Waals surface area (Å²) in [7, 11) is 0. The molecular weight excluding hydrogens is 279 g/mol. The van der Waals surface area contributed by atoms with Crippen LogP contribution >= 0.6 is 0 Å². The van der Waals surface area contributed by atoms with E-state index in [4.69, 9.17) is 15.6 Å². The van der Waals surface area contributed by atoms with Gasteiger partial charge in [-0.05, 0) is 19.3 Å². The number of nitrogens with zero attached hydrogens (tertiary/aromatic N) is 2. The molecule has 112 valence electrons. The lowest BCUT2D eigenvalue weighted by molar-refractivity contribution is -0.138. The van der Waals surface area contributed by atoms with Crippen LogP contribution in [-0.2, 0) is 10.9 Å². The van der Waals surface area contributed by atoms with Gasteiger partial charge in [-0.3, -0.25) is 4.57 Å². The quantitative estimate of drug-likeness (QED) is 0.864. The van der Waals surface area contributed by atoms with Gasteiger partial charge >= 0.3 is 11.9 Å². The summed E-state index contributed by atoms with van der Waals surface area (Å²) in [4.78, 5) is 14.8. The Labute approximate surface area is 112 Å². The first kappa shape index (κ1) is 14.8. The third-order valence-electron chi connectivity index (χ3n) is 3.13. The Morgan fingerprint density at radius 2 is 2.20 bits per heavy atom. The molecule has 1 fully saturated rings. The zero-order valence-electron chi connectivity index (χ0n) is 10.4. The summed E-state index contributed by atoms with van der Waals surface area (Å²) in [6.07, 6.45) is -3.82. The molecule has 0 aromatic carbocycles. The smallest absolute Gasteiger partial charge is 0.396 e. The summed E-state index contributed by atoms with van der Waals surface area (Å²) in [5.41, 5.74) is 3.09. The van der Waals surface area contributed by atoms with Crippen LogP contribution in [0.15, 0.2) is 11.0 Å². The largest absolute Gasteiger partial charge is 0.421 e. The maximum atomic E-state index is 12.7. The van der Waals surface area contributed by atoms with Crippen molar-refractivity contribution in [2.24, 2.45) is 0 Å². The van der Waals surface area contributed by atoms with E-state index in [-0.39, 0.29) is 12.7 Å². The highest BCUT2D eigenvalue weighted by atomic mass is 19.4. The van der Waals surface area contributed by atoms with Crippen LogP contribution < -0.4 is 11.4 Å². The number of alkyl halides is 3. The second-order valence-corrected chi connectivity index (χ2v) is 4.53. The van der Waals surface area contributed by atoms with Gasteiger partial charge in [0.1, 0.15) is 17.6 Å². The molecule has 1 aliphatic heterocycles. The van der Waals surface area contributed by atoms with Crippen molar-refractivity contribution in [1.29, 1.82) is 0 Å². The number of rotatable bonds is 3. The monoisotopic (exact) mass is 293 g/mol. The van der Waals surface area contributed by atoms with Gasteiger partial charge in [-0.2, -0.15) is 18.2 Å². The molecule has 2 heterocycles. The number of anilines is 1. The van der Waals surface area contributed by atoms with Gasteiger partial charge in [0, 0.05) is 12.8 Å². The van der Waals surface area contributed by atoms with Crippen LogP contribution in [0.1, 0.15) is 31.1 Å². The summed E-state index contributed by atoms with van der Waals surface area (Å²) < 4.78 is 44.4. The molecule has 9 heteroatoms. The van der Waals surface area contributed by atoms with E-state index in [1.165, 1.54) is 0 Å². The van der Waals surface area contributed by atoms with Crippen LogP contribution in [0, 0.1) is 0 Å². The van der Waals surface area contributed by atoms with Gasteiger partial charge in [0.05, 0.1) is 6.10 Å². The number of aliphatic hydroxyl groups excluding tert-OH is 1. The van der Waals surface area contributed by atoms with Gasteiger partial charge < -0.3 is 15.6 Å². The van der Waals surface area contributed by atoms with Crippen LogP contribution in [0.5, 0.6) is 0 Å². The molecule has 1 aromatic rings. The summed E-state index contributed by atoms with van der Waals surface area (Å²) >= 11 is 0. The minimum atomic E-state index is -4.68. The minimum Gasteiger partial charge on any atom is -0.396 e. The lowest BCUT2D eigenvalue weighted by Crippen LogP contribution is -2.30. The van der Waals surface area contributed by atoms with Gasteiger partial charge in [0.2, 0.25) is 0 Å². The maximum absolute atomic E-state index is 12.7. The van der Waals surface area contributed by atoms with E-state index in [0.29, 0.717) is 25.5 Å². The van der Waals surface area contributed by atoms with Crippen LogP contribution in [0.2, 0.25) is 0 Å². The number of hydrogen-bond acceptors (Lipinski definition) is 5. The number of aliphatic hydroxyl groups is 1. The van der Waals surface area contributed by atoms with Crippen molar-refractivity contribution in [3.63, 3.8) is 0 Å². The molecule has 1 unspecified atom stereocenters. The topological polar surface area (TPSA) is 90.4 Å². The third-order valence-corrected chi connectivity index (χ3v) is 3.13. The summed E-state index contributed by atoms with van der Waals surface area (Å²) in [5, 5.41) is 8.80. The van der Waals surface area contributed by atoms with Gasteiger partial charge in [0.25, 0.3) is 0 Å². The van der Waals surface area contributed by atoms with Crippen LogP contribution in [0.3, 0.4) is 0 Å². The van der Waals surface area contributed by atoms with Crippen molar-refractivity contribution in [3.05, 3.63) is 22.2 Å². The van der Waals surface area contributed by atoms with Gasteiger partial charge in [-0.25, -0.2) is 4.79 Å². The van der Waals surface area contributed by atoms with Crippen LogP contribution in [0.25, 0.3) is 0 Å². The SMILES string of the molecule is Nc1nc(=O)n(C2CC[C@@H](CCO)O2)cc1C(F)(F)F. The van der Waals surface area contributed by atoms with Gasteiger partial charge in [-0.15, -0.1) is 0 Å². The van der Waals surface area contributed by atoms with Gasteiger partial charge in [0.15, 0.2) is 0 Å². The molecule has 1 aromatic heterocycles. The Bertz CT molecular complexity index is 544. The predicted molar refractivity (Wildman–Crippen MR) is 62.8 cm³/mol. The molecule has 6 nitrogen and oxygen atoms in total. The molecule has 0 spiro atoms. The highest BCUT2D eigenvalue weighted by Gasteiger charge is 2.36. The molecule has 3 N–H and O–H groups in total. The van der Waals surface area contributed by atoms with Crippen molar-refractivity contribution in [2.45, 2.75) is 37.8 Å². The predicted octanol–water partition coefficient (Wildman–Crippen LogP) is 0.904. The van der Waals surface area contributed by atoms with E-state index in [2.05, 4.69) is 4.98 Å². The zero-order chi connectivity index (χ0) is 14.9. The molecule has 0 saturated carbocycles. The molecule has 2 atom stereocenters. The number of ether oxygens (including phenoxy) is 1. The Kier molecular flexibility index (Phi) is 4.00. The number of nitrogens with two attached hydrogens (primary N) is 1. The van der Waals surface area contributed by atoms with Crippen LogP contribution in [-0.4, -0.2) is 27.4 Å². The lowest BCUT2D eigenvalue weighted by Gasteiger charge is -2.17. The van der Waals surface area contributed by atoms with Crippen molar-refractivity contribution in [3.8, 4) is 0 Å². The maximum Gasteiger partial charge on any atom is 0.421 e. The number of aromatic nitrogens is 2. The molecule has 0 radical (unpaired) electrons. The second-order valence-electron chi connectivity index (χ2n) is 4.53. The fraction of sp³-hybridized carbons (Fsp3) is 0.636. The summed E-state index contributed by atoms with van der Waals surface area (Å²) in [5.74, 6) is -0.844. The van der Waals surface area contributed by atoms with Crippen molar-refractivity contribution in [1.82, 2.24) is 9.55 Å². The standard InChI is InChI=1S/C11H14F3N3O3/c12-11(13,14)7-5-17(10(19)16-9(7)15)8-2-1-6(20-8)3-4-18/h5-6,8,18H,1-4H2,(H2,15,16,19)/t6-,8?/m0/s1. The average molecular weight is 293 g/mol. The lowest BCUT2D eigenvalue weighted by atomic mass is 10.2. The number of hydrogen-bond donors (Lipinski definition) is 2. The van der Waals surface area contributed by atoms with Crippen molar-refractivity contribution in [2.75, 3.05) is 12.3 Å². The zero-order valence-corrected chi connectivity index (χ0v) is 10.4. The van der Waals surface area contributed by atoms with E-state index >= 15 is 0 Å². The van der Waals surface area contributed by atoms with E-state index in [1.54, 1.807) is 0 Å². The highest BCUT2D eigenvalue weighted by Crippen LogP contribution is 2.34. The fourth-order valence-corrected chi connectivity index (χ4v) is 2.15. The first-order chi connectivity index (χ1) is 9.32. The summed E-state index contributed by atoms with van der Waals surface area (Å²) in [6, 6.07) is 0. The highest BCUT2D eigenvalue weighted by molar-refractivity contribution is 5.38. The molecule has 0 amide bonds.